The summed E-state index contributed by atoms with van der Waals surface area (Å²) in [6.45, 7) is 3.54. The molecule has 0 aliphatic carbocycles. The first kappa shape index (κ1) is 17.1. The number of sulfone groups is 1. The summed E-state index contributed by atoms with van der Waals surface area (Å²) in [5, 5.41) is 1.84. The lowest BCUT2D eigenvalue weighted by atomic mass is 10.2. The second kappa shape index (κ2) is 7.37. The molecule has 0 saturated carbocycles. The second-order valence-electron chi connectivity index (χ2n) is 5.53. The first-order valence-electron chi connectivity index (χ1n) is 7.39. The van der Waals surface area contributed by atoms with E-state index < -0.39 is 15.1 Å². The zero-order chi connectivity index (χ0) is 16.9. The lowest BCUT2D eigenvalue weighted by molar-refractivity contribution is -0.123. The number of carbonyl (C=O) groups is 1. The monoisotopic (exact) mass is 332 g/mol. The normalized spacial score (nSPS) is 12.8. The SMILES string of the molecule is CC(C)C(=O)NC[C@H](c1cccnc1)S(=O)(=O)c1ccccc1. The molecule has 0 aliphatic rings. The highest BCUT2D eigenvalue weighted by Gasteiger charge is 2.29. The molecule has 1 N–H and O–H groups in total. The molecule has 1 aromatic carbocycles. The maximum atomic E-state index is 12.9. The van der Waals surface area contributed by atoms with Crippen LogP contribution >= 0.6 is 0 Å². The molecule has 122 valence electrons. The van der Waals surface area contributed by atoms with Crippen molar-refractivity contribution in [2.75, 3.05) is 6.54 Å². The predicted molar refractivity (Wildman–Crippen MR) is 88.5 cm³/mol. The summed E-state index contributed by atoms with van der Waals surface area (Å²) in [7, 11) is -3.63. The van der Waals surface area contributed by atoms with Crippen molar-refractivity contribution < 1.29 is 13.2 Å². The number of amides is 1. The number of aromatic nitrogens is 1. The minimum absolute atomic E-state index is 0.0138. The van der Waals surface area contributed by atoms with Crippen LogP contribution in [-0.2, 0) is 14.6 Å². The lowest BCUT2D eigenvalue weighted by Crippen LogP contribution is -2.34. The third-order valence-electron chi connectivity index (χ3n) is 3.49. The number of hydrogen-bond acceptors (Lipinski definition) is 4. The van der Waals surface area contributed by atoms with E-state index >= 15 is 0 Å². The van der Waals surface area contributed by atoms with E-state index in [1.807, 2.05) is 0 Å². The number of pyridine rings is 1. The van der Waals surface area contributed by atoms with Crippen LogP contribution in [0.5, 0.6) is 0 Å². The molecule has 1 heterocycles. The van der Waals surface area contributed by atoms with Gasteiger partial charge in [0.1, 0.15) is 5.25 Å². The molecule has 0 radical (unpaired) electrons. The van der Waals surface area contributed by atoms with E-state index in [4.69, 9.17) is 0 Å². The Bertz CT molecular complexity index is 744. The molecule has 5 nitrogen and oxygen atoms in total. The van der Waals surface area contributed by atoms with Crippen molar-refractivity contribution in [3.05, 3.63) is 60.4 Å². The topological polar surface area (TPSA) is 76.1 Å². The van der Waals surface area contributed by atoms with Gasteiger partial charge in [0.15, 0.2) is 9.84 Å². The summed E-state index contributed by atoms with van der Waals surface area (Å²) in [5.41, 5.74) is 0.556. The Balaban J connectivity index is 2.36. The van der Waals surface area contributed by atoms with Crippen LogP contribution in [-0.4, -0.2) is 25.9 Å². The second-order valence-corrected chi connectivity index (χ2v) is 7.66. The molecule has 0 unspecified atom stereocenters. The molecule has 1 aromatic heterocycles. The first-order chi connectivity index (χ1) is 10.9. The molecule has 6 heteroatoms. The average Bonchev–Trinajstić information content (AvgIpc) is 2.56. The Morgan fingerprint density at radius 1 is 1.13 bits per heavy atom. The lowest BCUT2D eigenvalue weighted by Gasteiger charge is -2.19. The zero-order valence-electron chi connectivity index (χ0n) is 13.1. The summed E-state index contributed by atoms with van der Waals surface area (Å²) >= 11 is 0. The van der Waals surface area contributed by atoms with Crippen LogP contribution in [0.1, 0.15) is 24.7 Å². The van der Waals surface area contributed by atoms with Gasteiger partial charge in [-0.1, -0.05) is 38.1 Å². The summed E-state index contributed by atoms with van der Waals surface area (Å²) in [4.78, 5) is 16.0. The van der Waals surface area contributed by atoms with E-state index in [-0.39, 0.29) is 23.3 Å². The number of hydrogen-bond donors (Lipinski definition) is 1. The minimum atomic E-state index is -3.63. The summed E-state index contributed by atoms with van der Waals surface area (Å²) < 4.78 is 25.9. The third kappa shape index (κ3) is 4.16. The first-order valence-corrected chi connectivity index (χ1v) is 8.94. The van der Waals surface area contributed by atoms with E-state index in [1.54, 1.807) is 62.5 Å². The van der Waals surface area contributed by atoms with E-state index in [2.05, 4.69) is 10.3 Å². The molecular weight excluding hydrogens is 312 g/mol. The Kier molecular flexibility index (Phi) is 5.50. The van der Waals surface area contributed by atoms with Crippen LogP contribution in [0, 0.1) is 5.92 Å². The fourth-order valence-corrected chi connectivity index (χ4v) is 3.81. The Morgan fingerprint density at radius 3 is 2.39 bits per heavy atom. The molecule has 1 amide bonds. The van der Waals surface area contributed by atoms with Crippen molar-refractivity contribution in [2.45, 2.75) is 24.0 Å². The fraction of sp³-hybridized carbons (Fsp3) is 0.294. The number of carbonyl (C=O) groups excluding carboxylic acids is 1. The highest BCUT2D eigenvalue weighted by molar-refractivity contribution is 7.91. The predicted octanol–water partition coefficient (Wildman–Crippen LogP) is 2.37. The Hall–Kier alpha value is -2.21. The van der Waals surface area contributed by atoms with Gasteiger partial charge in [0.05, 0.1) is 4.90 Å². The van der Waals surface area contributed by atoms with Crippen LogP contribution in [0.15, 0.2) is 59.8 Å². The minimum Gasteiger partial charge on any atom is -0.354 e. The maximum absolute atomic E-state index is 12.9. The van der Waals surface area contributed by atoms with E-state index in [1.165, 1.54) is 6.20 Å². The smallest absolute Gasteiger partial charge is 0.222 e. The van der Waals surface area contributed by atoms with Gasteiger partial charge in [-0.2, -0.15) is 0 Å². The van der Waals surface area contributed by atoms with Gasteiger partial charge in [0, 0.05) is 24.9 Å². The highest BCUT2D eigenvalue weighted by Crippen LogP contribution is 2.27. The molecule has 2 rings (SSSR count). The quantitative estimate of drug-likeness (QED) is 0.881. The average molecular weight is 332 g/mol. The van der Waals surface area contributed by atoms with Crippen LogP contribution < -0.4 is 5.32 Å². The van der Waals surface area contributed by atoms with Gasteiger partial charge in [0.2, 0.25) is 5.91 Å². The Morgan fingerprint density at radius 2 is 1.83 bits per heavy atom. The van der Waals surface area contributed by atoms with Crippen LogP contribution in [0.2, 0.25) is 0 Å². The van der Waals surface area contributed by atoms with E-state index in [0.717, 1.165) is 0 Å². The maximum Gasteiger partial charge on any atom is 0.222 e. The molecule has 0 aliphatic heterocycles. The van der Waals surface area contributed by atoms with Crippen molar-refractivity contribution in [1.29, 1.82) is 0 Å². The van der Waals surface area contributed by atoms with Crippen LogP contribution in [0.3, 0.4) is 0 Å². The van der Waals surface area contributed by atoms with Crippen molar-refractivity contribution in [3.8, 4) is 0 Å². The number of benzene rings is 1. The molecule has 0 spiro atoms. The van der Waals surface area contributed by atoms with Gasteiger partial charge < -0.3 is 5.32 Å². The molecular formula is C17H20N2O3S. The third-order valence-corrected chi connectivity index (χ3v) is 5.61. The van der Waals surface area contributed by atoms with E-state index in [0.29, 0.717) is 5.56 Å². The Labute approximate surface area is 136 Å². The number of nitrogens with zero attached hydrogens (tertiary/aromatic N) is 1. The van der Waals surface area contributed by atoms with Gasteiger partial charge in [-0.3, -0.25) is 9.78 Å². The molecule has 23 heavy (non-hydrogen) atoms. The molecule has 0 bridgehead atoms. The van der Waals surface area contributed by atoms with Crippen LogP contribution in [0.25, 0.3) is 0 Å². The van der Waals surface area contributed by atoms with Gasteiger partial charge in [-0.05, 0) is 23.8 Å². The standard InChI is InChI=1S/C17H20N2O3S/c1-13(2)17(20)19-12-16(14-7-6-10-18-11-14)23(21,22)15-8-4-3-5-9-15/h3-11,13,16H,12H2,1-2H3,(H,19,20)/t16-/m1/s1. The fourth-order valence-electron chi connectivity index (χ4n) is 2.14. The van der Waals surface area contributed by atoms with Gasteiger partial charge in [-0.15, -0.1) is 0 Å². The van der Waals surface area contributed by atoms with Crippen molar-refractivity contribution in [3.63, 3.8) is 0 Å². The van der Waals surface area contributed by atoms with Crippen molar-refractivity contribution >= 4 is 15.7 Å². The summed E-state index contributed by atoms with van der Waals surface area (Å²) in [5.74, 6) is -0.383. The van der Waals surface area contributed by atoms with Gasteiger partial charge in [0.25, 0.3) is 0 Å². The van der Waals surface area contributed by atoms with Crippen molar-refractivity contribution in [2.24, 2.45) is 5.92 Å². The molecule has 1 atom stereocenters. The largest absolute Gasteiger partial charge is 0.354 e. The number of rotatable bonds is 6. The van der Waals surface area contributed by atoms with Gasteiger partial charge in [-0.25, -0.2) is 8.42 Å². The van der Waals surface area contributed by atoms with E-state index in [9.17, 15) is 13.2 Å². The summed E-state index contributed by atoms with van der Waals surface area (Å²) in [6.07, 6.45) is 3.11. The molecule has 2 aromatic rings. The van der Waals surface area contributed by atoms with Gasteiger partial charge >= 0.3 is 0 Å². The molecule has 0 fully saturated rings. The highest BCUT2D eigenvalue weighted by atomic mass is 32.2. The van der Waals surface area contributed by atoms with Crippen LogP contribution in [0.4, 0.5) is 0 Å². The zero-order valence-corrected chi connectivity index (χ0v) is 14.0. The molecule has 0 saturated heterocycles. The number of nitrogens with one attached hydrogen (secondary N) is 1. The summed E-state index contributed by atoms with van der Waals surface area (Å²) in [6, 6.07) is 11.6. The van der Waals surface area contributed by atoms with Crippen molar-refractivity contribution in [1.82, 2.24) is 10.3 Å².